The highest BCUT2D eigenvalue weighted by molar-refractivity contribution is 6.13. The van der Waals surface area contributed by atoms with Gasteiger partial charge in [0.05, 0.1) is 21.3 Å². The largest absolute Gasteiger partial charge is 0.496 e. The Morgan fingerprint density at radius 3 is 1.63 bits per heavy atom. The van der Waals surface area contributed by atoms with E-state index in [9.17, 15) is 0 Å². The second kappa shape index (κ2) is 7.27. The molecule has 3 nitrogen and oxygen atoms in total. The third-order valence-electron chi connectivity index (χ3n) is 5.70. The normalized spacial score (nSPS) is 11.2. The Labute approximate surface area is 175 Å². The van der Waals surface area contributed by atoms with E-state index in [-0.39, 0.29) is 0 Å². The van der Waals surface area contributed by atoms with Crippen LogP contribution in [0, 0.1) is 0 Å². The van der Waals surface area contributed by atoms with Crippen molar-refractivity contribution in [2.24, 2.45) is 0 Å². The number of fused-ring (bicyclic) bond motifs is 4. The van der Waals surface area contributed by atoms with Gasteiger partial charge in [0.2, 0.25) is 0 Å². The van der Waals surface area contributed by atoms with Gasteiger partial charge in [0.15, 0.2) is 11.5 Å². The first-order chi connectivity index (χ1) is 14.7. The standard InChI is InChI=1S/C27H22O3/c1-28-25-13-19-10-9-18-11-20-14-26(29-2)27(30-3)15-21(20)12-22(18)23(19)16-24(25)17-7-5-4-6-8-17/h4-16H,1-3H3. The van der Waals surface area contributed by atoms with Gasteiger partial charge >= 0.3 is 0 Å². The summed E-state index contributed by atoms with van der Waals surface area (Å²) in [5.41, 5.74) is 2.23. The van der Waals surface area contributed by atoms with Gasteiger partial charge in [-0.3, -0.25) is 0 Å². The lowest BCUT2D eigenvalue weighted by molar-refractivity contribution is 0.356. The van der Waals surface area contributed by atoms with Gasteiger partial charge in [-0.15, -0.1) is 0 Å². The third kappa shape index (κ3) is 2.91. The van der Waals surface area contributed by atoms with Crippen LogP contribution in [-0.2, 0) is 0 Å². The molecule has 0 atom stereocenters. The smallest absolute Gasteiger partial charge is 0.161 e. The van der Waals surface area contributed by atoms with Crippen LogP contribution in [0.3, 0.4) is 0 Å². The van der Waals surface area contributed by atoms with Crippen molar-refractivity contribution in [3.8, 4) is 28.4 Å². The summed E-state index contributed by atoms with van der Waals surface area (Å²) < 4.78 is 16.7. The second-order valence-electron chi connectivity index (χ2n) is 7.33. The van der Waals surface area contributed by atoms with Crippen molar-refractivity contribution in [1.82, 2.24) is 0 Å². The molecule has 0 N–H and O–H groups in total. The summed E-state index contributed by atoms with van der Waals surface area (Å²) in [5, 5.41) is 6.97. The predicted molar refractivity (Wildman–Crippen MR) is 124 cm³/mol. The maximum atomic E-state index is 5.72. The molecule has 0 saturated carbocycles. The molecule has 0 aromatic heterocycles. The average molecular weight is 394 g/mol. The Morgan fingerprint density at radius 2 is 1.00 bits per heavy atom. The number of ether oxygens (including phenoxy) is 3. The lowest BCUT2D eigenvalue weighted by Crippen LogP contribution is -1.91. The van der Waals surface area contributed by atoms with Crippen molar-refractivity contribution in [2.45, 2.75) is 0 Å². The highest BCUT2D eigenvalue weighted by Crippen LogP contribution is 2.39. The monoisotopic (exact) mass is 394 g/mol. The Hall–Kier alpha value is -3.72. The first kappa shape index (κ1) is 18.3. The highest BCUT2D eigenvalue weighted by atomic mass is 16.5. The van der Waals surface area contributed by atoms with Gasteiger partial charge in [0, 0.05) is 5.56 Å². The summed E-state index contributed by atoms with van der Waals surface area (Å²) in [6.45, 7) is 0. The maximum Gasteiger partial charge on any atom is 0.161 e. The van der Waals surface area contributed by atoms with Crippen LogP contribution in [-0.4, -0.2) is 21.3 Å². The van der Waals surface area contributed by atoms with Crippen molar-refractivity contribution < 1.29 is 14.2 Å². The van der Waals surface area contributed by atoms with E-state index >= 15 is 0 Å². The lowest BCUT2D eigenvalue weighted by Gasteiger charge is -2.14. The minimum Gasteiger partial charge on any atom is -0.496 e. The molecule has 0 aliphatic carbocycles. The molecule has 0 aliphatic heterocycles. The van der Waals surface area contributed by atoms with Crippen LogP contribution >= 0.6 is 0 Å². The van der Waals surface area contributed by atoms with E-state index in [1.807, 2.05) is 18.2 Å². The molecule has 0 radical (unpaired) electrons. The fourth-order valence-corrected chi connectivity index (χ4v) is 4.17. The summed E-state index contributed by atoms with van der Waals surface area (Å²) in [5.74, 6) is 2.35. The van der Waals surface area contributed by atoms with Gasteiger partial charge < -0.3 is 14.2 Å². The molecular formula is C27H22O3. The van der Waals surface area contributed by atoms with E-state index in [2.05, 4.69) is 60.7 Å². The van der Waals surface area contributed by atoms with Crippen LogP contribution in [0.1, 0.15) is 0 Å². The molecule has 148 valence electrons. The molecule has 0 spiro atoms. The minimum atomic E-state index is 0.733. The van der Waals surface area contributed by atoms with Crippen molar-refractivity contribution >= 4 is 32.3 Å². The number of methoxy groups -OCH3 is 3. The summed E-state index contributed by atoms with van der Waals surface area (Å²) in [4.78, 5) is 0. The van der Waals surface area contributed by atoms with Crippen molar-refractivity contribution in [3.05, 3.63) is 78.9 Å². The van der Waals surface area contributed by atoms with E-state index in [4.69, 9.17) is 14.2 Å². The highest BCUT2D eigenvalue weighted by Gasteiger charge is 2.12. The first-order valence-corrected chi connectivity index (χ1v) is 9.87. The molecule has 5 aromatic carbocycles. The topological polar surface area (TPSA) is 27.7 Å². The summed E-state index contributed by atoms with van der Waals surface area (Å²) in [7, 11) is 5.05. The van der Waals surface area contributed by atoms with Crippen LogP contribution in [0.4, 0.5) is 0 Å². The van der Waals surface area contributed by atoms with Crippen molar-refractivity contribution in [2.75, 3.05) is 21.3 Å². The van der Waals surface area contributed by atoms with Gasteiger partial charge in [-0.2, -0.15) is 0 Å². The number of hydrogen-bond acceptors (Lipinski definition) is 3. The number of benzene rings is 5. The molecule has 0 aliphatic rings. The second-order valence-corrected chi connectivity index (χ2v) is 7.33. The van der Waals surface area contributed by atoms with Gasteiger partial charge in [-0.05, 0) is 74.3 Å². The lowest BCUT2D eigenvalue weighted by atomic mass is 9.94. The van der Waals surface area contributed by atoms with Crippen LogP contribution in [0.25, 0.3) is 43.4 Å². The number of hydrogen-bond donors (Lipinski definition) is 0. The molecular weight excluding hydrogens is 372 g/mol. The van der Waals surface area contributed by atoms with Gasteiger partial charge in [0.25, 0.3) is 0 Å². The molecule has 0 unspecified atom stereocenters. The zero-order chi connectivity index (χ0) is 20.7. The average Bonchev–Trinajstić information content (AvgIpc) is 2.81. The van der Waals surface area contributed by atoms with Crippen molar-refractivity contribution in [3.63, 3.8) is 0 Å². The van der Waals surface area contributed by atoms with Crippen molar-refractivity contribution in [1.29, 1.82) is 0 Å². The Morgan fingerprint density at radius 1 is 0.467 bits per heavy atom. The molecule has 3 heteroatoms. The van der Waals surface area contributed by atoms with Crippen LogP contribution in [0.5, 0.6) is 17.2 Å². The molecule has 0 bridgehead atoms. The SMILES string of the molecule is COc1cc2cc3ccc4cc(OC)c(-c5ccccc5)cc4c3cc2cc1OC. The summed E-state index contributed by atoms with van der Waals surface area (Å²) in [6, 6.07) is 27.5. The predicted octanol–water partition coefficient (Wildman–Crippen LogP) is 6.84. The van der Waals surface area contributed by atoms with E-state index in [0.29, 0.717) is 0 Å². The van der Waals surface area contributed by atoms with Crippen LogP contribution in [0.15, 0.2) is 78.9 Å². The van der Waals surface area contributed by atoms with Gasteiger partial charge in [-0.25, -0.2) is 0 Å². The maximum absolute atomic E-state index is 5.72. The fraction of sp³-hybridized carbons (Fsp3) is 0.111. The fourth-order valence-electron chi connectivity index (χ4n) is 4.17. The molecule has 0 amide bonds. The zero-order valence-electron chi connectivity index (χ0n) is 17.2. The quantitative estimate of drug-likeness (QED) is 0.247. The van der Waals surface area contributed by atoms with E-state index < -0.39 is 0 Å². The number of rotatable bonds is 4. The van der Waals surface area contributed by atoms with E-state index in [0.717, 1.165) is 44.5 Å². The summed E-state index contributed by atoms with van der Waals surface area (Å²) in [6.07, 6.45) is 0. The molecule has 0 fully saturated rings. The van der Waals surface area contributed by atoms with Gasteiger partial charge in [0.1, 0.15) is 5.75 Å². The summed E-state index contributed by atoms with van der Waals surface area (Å²) >= 11 is 0. The first-order valence-electron chi connectivity index (χ1n) is 9.87. The van der Waals surface area contributed by atoms with E-state index in [1.54, 1.807) is 21.3 Å². The third-order valence-corrected chi connectivity index (χ3v) is 5.70. The molecule has 0 saturated heterocycles. The zero-order valence-corrected chi connectivity index (χ0v) is 17.2. The molecule has 5 aromatic rings. The Balaban J connectivity index is 1.83. The van der Waals surface area contributed by atoms with Crippen LogP contribution < -0.4 is 14.2 Å². The Kier molecular flexibility index (Phi) is 4.44. The van der Waals surface area contributed by atoms with Gasteiger partial charge in [-0.1, -0.05) is 42.5 Å². The van der Waals surface area contributed by atoms with Crippen LogP contribution in [0.2, 0.25) is 0 Å². The molecule has 0 heterocycles. The molecule has 30 heavy (non-hydrogen) atoms. The van der Waals surface area contributed by atoms with E-state index in [1.165, 1.54) is 16.2 Å². The minimum absolute atomic E-state index is 0.733. The Bertz CT molecular complexity index is 1390. The molecule has 5 rings (SSSR count).